The SMILES string of the molecule is O=C(CNS(=O)(=O)c1ccc(OC(F)(F)F)cc1)NCc1nnc2ccccn12. The smallest absolute Gasteiger partial charge is 0.406 e. The highest BCUT2D eigenvalue weighted by Gasteiger charge is 2.31. The van der Waals surface area contributed by atoms with Crippen molar-refractivity contribution in [1.82, 2.24) is 24.6 Å². The molecule has 0 atom stereocenters. The number of ether oxygens (including phenoxy) is 1. The Bertz CT molecular complexity index is 1110. The third-order valence-corrected chi connectivity index (χ3v) is 5.04. The van der Waals surface area contributed by atoms with Crippen molar-refractivity contribution in [2.75, 3.05) is 6.54 Å². The summed E-state index contributed by atoms with van der Waals surface area (Å²) in [6, 6.07) is 8.87. The zero-order valence-electron chi connectivity index (χ0n) is 14.5. The molecule has 1 aromatic carbocycles. The predicted octanol–water partition coefficient (Wildman–Crippen LogP) is 1.22. The number of halogens is 3. The maximum absolute atomic E-state index is 12.2. The molecule has 13 heteroatoms. The summed E-state index contributed by atoms with van der Waals surface area (Å²) in [4.78, 5) is 11.6. The van der Waals surface area contributed by atoms with E-state index in [1.54, 1.807) is 28.8 Å². The third-order valence-electron chi connectivity index (χ3n) is 3.62. The summed E-state index contributed by atoms with van der Waals surface area (Å²) in [6.07, 6.45) is -3.17. The number of benzene rings is 1. The van der Waals surface area contributed by atoms with Gasteiger partial charge in [-0.15, -0.1) is 23.4 Å². The van der Waals surface area contributed by atoms with Crippen LogP contribution in [0.25, 0.3) is 5.65 Å². The van der Waals surface area contributed by atoms with Crippen molar-refractivity contribution in [1.29, 1.82) is 0 Å². The van der Waals surface area contributed by atoms with Crippen LogP contribution in [-0.4, -0.2) is 41.8 Å². The fourth-order valence-electron chi connectivity index (χ4n) is 2.32. The summed E-state index contributed by atoms with van der Waals surface area (Å²) in [6.45, 7) is -0.547. The van der Waals surface area contributed by atoms with Crippen molar-refractivity contribution in [2.45, 2.75) is 17.8 Å². The van der Waals surface area contributed by atoms with Gasteiger partial charge in [-0.25, -0.2) is 13.1 Å². The number of hydrogen-bond acceptors (Lipinski definition) is 6. The largest absolute Gasteiger partial charge is 0.573 e. The predicted molar refractivity (Wildman–Crippen MR) is 93.1 cm³/mol. The van der Waals surface area contributed by atoms with Crippen LogP contribution in [0.1, 0.15) is 5.82 Å². The van der Waals surface area contributed by atoms with E-state index in [1.165, 1.54) is 0 Å². The highest BCUT2D eigenvalue weighted by Crippen LogP contribution is 2.23. The number of rotatable bonds is 7. The van der Waals surface area contributed by atoms with Crippen molar-refractivity contribution in [3.05, 3.63) is 54.5 Å². The van der Waals surface area contributed by atoms with Crippen molar-refractivity contribution < 1.29 is 31.1 Å². The Hall–Kier alpha value is -3.19. The average Bonchev–Trinajstić information content (AvgIpc) is 3.07. The van der Waals surface area contributed by atoms with E-state index in [1.807, 2.05) is 0 Å². The monoisotopic (exact) mass is 429 g/mol. The van der Waals surface area contributed by atoms with Crippen molar-refractivity contribution in [3.8, 4) is 5.75 Å². The summed E-state index contributed by atoms with van der Waals surface area (Å²) >= 11 is 0. The van der Waals surface area contributed by atoms with E-state index >= 15 is 0 Å². The Labute approximate surface area is 162 Å². The number of alkyl halides is 3. The van der Waals surface area contributed by atoms with Gasteiger partial charge in [-0.2, -0.15) is 0 Å². The molecular formula is C16H14F3N5O4S. The van der Waals surface area contributed by atoms with Gasteiger partial charge in [0.05, 0.1) is 18.0 Å². The Morgan fingerprint density at radius 2 is 1.83 bits per heavy atom. The van der Waals surface area contributed by atoms with Gasteiger partial charge in [0.1, 0.15) is 5.75 Å². The molecule has 0 saturated heterocycles. The van der Waals surface area contributed by atoms with Crippen LogP contribution < -0.4 is 14.8 Å². The number of pyridine rings is 1. The lowest BCUT2D eigenvalue weighted by Crippen LogP contribution is -2.36. The second kappa shape index (κ2) is 8.05. The first-order valence-electron chi connectivity index (χ1n) is 8.05. The highest BCUT2D eigenvalue weighted by molar-refractivity contribution is 7.89. The Kier molecular flexibility index (Phi) is 5.70. The van der Waals surface area contributed by atoms with E-state index < -0.39 is 34.6 Å². The van der Waals surface area contributed by atoms with Crippen LogP contribution in [0.2, 0.25) is 0 Å². The zero-order valence-corrected chi connectivity index (χ0v) is 15.4. The van der Waals surface area contributed by atoms with Crippen LogP contribution in [0.15, 0.2) is 53.6 Å². The second-order valence-electron chi connectivity index (χ2n) is 5.67. The fourth-order valence-corrected chi connectivity index (χ4v) is 3.30. The summed E-state index contributed by atoms with van der Waals surface area (Å²) in [7, 11) is -4.10. The number of hydrogen-bond donors (Lipinski definition) is 2. The molecule has 0 spiro atoms. The van der Waals surface area contributed by atoms with Crippen LogP contribution in [0.3, 0.4) is 0 Å². The van der Waals surface area contributed by atoms with Crippen LogP contribution in [0.5, 0.6) is 5.75 Å². The molecule has 1 amide bonds. The fraction of sp³-hybridized carbons (Fsp3) is 0.188. The molecule has 2 aromatic heterocycles. The van der Waals surface area contributed by atoms with Gasteiger partial charge in [-0.3, -0.25) is 9.20 Å². The standard InChI is InChI=1S/C16H14F3N5O4S/c17-16(18,19)28-11-4-6-12(7-5-11)29(26,27)21-10-15(25)20-9-14-23-22-13-3-1-2-8-24(13)14/h1-8,21H,9-10H2,(H,20,25). The first-order valence-corrected chi connectivity index (χ1v) is 9.53. The van der Waals surface area contributed by atoms with E-state index in [4.69, 9.17) is 0 Å². The van der Waals surface area contributed by atoms with E-state index in [0.29, 0.717) is 11.5 Å². The molecule has 0 saturated carbocycles. The molecule has 3 rings (SSSR count). The Balaban J connectivity index is 1.54. The molecular weight excluding hydrogens is 415 g/mol. The lowest BCUT2D eigenvalue weighted by atomic mass is 10.3. The minimum atomic E-state index is -4.88. The molecule has 29 heavy (non-hydrogen) atoms. The normalized spacial score (nSPS) is 12.1. The molecule has 0 unspecified atom stereocenters. The average molecular weight is 429 g/mol. The van der Waals surface area contributed by atoms with Gasteiger partial charge in [0, 0.05) is 6.20 Å². The molecule has 0 aliphatic rings. The highest BCUT2D eigenvalue weighted by atomic mass is 32.2. The lowest BCUT2D eigenvalue weighted by Gasteiger charge is -2.10. The lowest BCUT2D eigenvalue weighted by molar-refractivity contribution is -0.274. The first kappa shape index (κ1) is 20.5. The van der Waals surface area contributed by atoms with Crippen LogP contribution in [0, 0.1) is 0 Å². The van der Waals surface area contributed by atoms with E-state index in [-0.39, 0.29) is 11.4 Å². The molecule has 2 N–H and O–H groups in total. The van der Waals surface area contributed by atoms with Crippen molar-refractivity contribution in [2.24, 2.45) is 0 Å². The number of sulfonamides is 1. The zero-order chi connectivity index (χ0) is 21.1. The van der Waals surface area contributed by atoms with Gasteiger partial charge in [0.2, 0.25) is 15.9 Å². The minimum absolute atomic E-state index is 0.0230. The van der Waals surface area contributed by atoms with E-state index in [2.05, 4.69) is 25.0 Å². The Morgan fingerprint density at radius 3 is 2.52 bits per heavy atom. The van der Waals surface area contributed by atoms with Crippen molar-refractivity contribution >= 4 is 21.6 Å². The van der Waals surface area contributed by atoms with Gasteiger partial charge < -0.3 is 10.1 Å². The first-order chi connectivity index (χ1) is 13.6. The number of amides is 1. The molecule has 0 radical (unpaired) electrons. The van der Waals surface area contributed by atoms with Crippen LogP contribution >= 0.6 is 0 Å². The molecule has 0 bridgehead atoms. The van der Waals surface area contributed by atoms with Gasteiger partial charge in [-0.05, 0) is 36.4 Å². The van der Waals surface area contributed by atoms with E-state index in [9.17, 15) is 26.4 Å². The van der Waals surface area contributed by atoms with Crippen LogP contribution in [-0.2, 0) is 21.4 Å². The number of nitrogens with zero attached hydrogens (tertiary/aromatic N) is 3. The number of carbonyl (C=O) groups excluding carboxylic acids is 1. The maximum Gasteiger partial charge on any atom is 0.573 e. The molecule has 2 heterocycles. The van der Waals surface area contributed by atoms with Crippen molar-refractivity contribution in [3.63, 3.8) is 0 Å². The number of fused-ring (bicyclic) bond motifs is 1. The summed E-state index contributed by atoms with van der Waals surface area (Å²) in [5, 5.41) is 10.3. The third kappa shape index (κ3) is 5.42. The van der Waals surface area contributed by atoms with Crippen LogP contribution in [0.4, 0.5) is 13.2 Å². The quantitative estimate of drug-likeness (QED) is 0.584. The molecule has 154 valence electrons. The molecule has 0 aliphatic heterocycles. The number of nitrogens with one attached hydrogen (secondary N) is 2. The topological polar surface area (TPSA) is 115 Å². The molecule has 0 fully saturated rings. The number of aromatic nitrogens is 3. The molecule has 9 nitrogen and oxygen atoms in total. The summed E-state index contributed by atoms with van der Waals surface area (Å²) in [5.74, 6) is -0.731. The maximum atomic E-state index is 12.2. The number of carbonyl (C=O) groups is 1. The van der Waals surface area contributed by atoms with Gasteiger partial charge in [-0.1, -0.05) is 6.07 Å². The minimum Gasteiger partial charge on any atom is -0.406 e. The summed E-state index contributed by atoms with van der Waals surface area (Å²) in [5.41, 5.74) is 0.593. The van der Waals surface area contributed by atoms with Gasteiger partial charge in [0.25, 0.3) is 0 Å². The van der Waals surface area contributed by atoms with E-state index in [0.717, 1.165) is 24.3 Å². The molecule has 0 aliphatic carbocycles. The molecule has 3 aromatic rings. The second-order valence-corrected chi connectivity index (χ2v) is 7.43. The van der Waals surface area contributed by atoms with Gasteiger partial charge in [0.15, 0.2) is 11.5 Å². The van der Waals surface area contributed by atoms with Gasteiger partial charge >= 0.3 is 6.36 Å². The summed E-state index contributed by atoms with van der Waals surface area (Å²) < 4.78 is 68.1. The Morgan fingerprint density at radius 1 is 1.10 bits per heavy atom.